The van der Waals surface area contributed by atoms with Crippen molar-refractivity contribution in [1.82, 2.24) is 4.31 Å². The molecule has 1 heterocycles. The molecule has 0 N–H and O–H groups in total. The molecule has 1 aromatic carbocycles. The number of benzene rings is 1. The van der Waals surface area contributed by atoms with Crippen LogP contribution in [0, 0.1) is 5.92 Å². The minimum absolute atomic E-state index is 0.116. The average molecular weight is 363 g/mol. The standard InChI is InChI=1S/C18H21NO5S/c1-12-10-16(12)17-9-6-14(24-17)11-19(2)25(21,22)15-7-4-13(5-8-15)18(20)23-3/h4-9,12,16H,10-11H2,1-3H3. The van der Waals surface area contributed by atoms with Gasteiger partial charge in [0.25, 0.3) is 0 Å². The summed E-state index contributed by atoms with van der Waals surface area (Å²) in [6.45, 7) is 2.32. The molecule has 2 atom stereocenters. The third-order valence-electron chi connectivity index (χ3n) is 4.52. The Kier molecular flexibility index (Phi) is 4.71. The molecule has 3 rings (SSSR count). The molecule has 0 saturated heterocycles. The largest absolute Gasteiger partial charge is 0.465 e. The number of nitrogens with zero attached hydrogens (tertiary/aromatic N) is 1. The number of hydrogen-bond acceptors (Lipinski definition) is 5. The van der Waals surface area contributed by atoms with Crippen molar-refractivity contribution in [1.29, 1.82) is 0 Å². The third kappa shape index (κ3) is 3.62. The number of esters is 1. The maximum atomic E-state index is 12.7. The summed E-state index contributed by atoms with van der Waals surface area (Å²) in [6.07, 6.45) is 1.12. The normalized spacial score (nSPS) is 19.8. The van der Waals surface area contributed by atoms with Crippen molar-refractivity contribution in [3.63, 3.8) is 0 Å². The Labute approximate surface area is 147 Å². The number of hydrogen-bond donors (Lipinski definition) is 0. The van der Waals surface area contributed by atoms with E-state index in [1.165, 1.54) is 42.7 Å². The summed E-state index contributed by atoms with van der Waals surface area (Å²) in [4.78, 5) is 11.6. The van der Waals surface area contributed by atoms with Gasteiger partial charge in [0.05, 0.1) is 24.1 Å². The van der Waals surface area contributed by atoms with Gasteiger partial charge in [0.1, 0.15) is 11.5 Å². The molecule has 0 bridgehead atoms. The molecule has 1 aliphatic carbocycles. The molecule has 134 valence electrons. The minimum Gasteiger partial charge on any atom is -0.465 e. The van der Waals surface area contributed by atoms with E-state index in [4.69, 9.17) is 4.42 Å². The van der Waals surface area contributed by atoms with Crippen LogP contribution in [0.15, 0.2) is 45.7 Å². The first-order valence-corrected chi connectivity index (χ1v) is 9.50. The molecule has 0 radical (unpaired) electrons. The summed E-state index contributed by atoms with van der Waals surface area (Å²) >= 11 is 0. The zero-order valence-electron chi connectivity index (χ0n) is 14.4. The second-order valence-corrected chi connectivity index (χ2v) is 8.45. The zero-order chi connectivity index (χ0) is 18.2. The van der Waals surface area contributed by atoms with E-state index in [9.17, 15) is 13.2 Å². The van der Waals surface area contributed by atoms with Crippen molar-refractivity contribution in [3.05, 3.63) is 53.5 Å². The Bertz CT molecular complexity index is 869. The molecule has 1 aliphatic rings. The van der Waals surface area contributed by atoms with Gasteiger partial charge in [-0.25, -0.2) is 13.2 Å². The summed E-state index contributed by atoms with van der Waals surface area (Å²) in [7, 11) is -0.887. The molecule has 1 fully saturated rings. The van der Waals surface area contributed by atoms with Crippen LogP contribution in [0.3, 0.4) is 0 Å². The smallest absolute Gasteiger partial charge is 0.337 e. The Hall–Kier alpha value is -2.12. The van der Waals surface area contributed by atoms with Crippen LogP contribution in [-0.4, -0.2) is 32.8 Å². The van der Waals surface area contributed by atoms with Gasteiger partial charge < -0.3 is 9.15 Å². The fraction of sp³-hybridized carbons (Fsp3) is 0.389. The van der Waals surface area contributed by atoms with Crippen molar-refractivity contribution in [3.8, 4) is 0 Å². The molecule has 0 amide bonds. The Morgan fingerprint density at radius 3 is 2.44 bits per heavy atom. The monoisotopic (exact) mass is 363 g/mol. The van der Waals surface area contributed by atoms with E-state index in [1.54, 1.807) is 0 Å². The van der Waals surface area contributed by atoms with Gasteiger partial charge in [-0.15, -0.1) is 0 Å². The van der Waals surface area contributed by atoms with Gasteiger partial charge >= 0.3 is 5.97 Å². The highest BCUT2D eigenvalue weighted by Gasteiger charge is 2.36. The van der Waals surface area contributed by atoms with E-state index in [1.807, 2.05) is 12.1 Å². The number of carbonyl (C=O) groups excluding carboxylic acids is 1. The van der Waals surface area contributed by atoms with Gasteiger partial charge in [-0.3, -0.25) is 0 Å². The highest BCUT2D eigenvalue weighted by molar-refractivity contribution is 7.89. The maximum absolute atomic E-state index is 12.7. The first-order chi connectivity index (χ1) is 11.8. The van der Waals surface area contributed by atoms with Crippen molar-refractivity contribution < 1.29 is 22.4 Å². The molecule has 1 saturated carbocycles. The summed E-state index contributed by atoms with van der Waals surface area (Å²) < 4.78 is 36.9. The lowest BCUT2D eigenvalue weighted by Crippen LogP contribution is -2.26. The first kappa shape index (κ1) is 17.7. The summed E-state index contributed by atoms with van der Waals surface area (Å²) in [5, 5.41) is 0. The predicted octanol–water partition coefficient (Wildman–Crippen LogP) is 3.01. The van der Waals surface area contributed by atoms with Crippen LogP contribution < -0.4 is 0 Å². The lowest BCUT2D eigenvalue weighted by molar-refractivity contribution is 0.0600. The molecule has 2 aromatic rings. The van der Waals surface area contributed by atoms with E-state index in [2.05, 4.69) is 11.7 Å². The van der Waals surface area contributed by atoms with Crippen LogP contribution in [0.4, 0.5) is 0 Å². The summed E-state index contributed by atoms with van der Waals surface area (Å²) in [5.41, 5.74) is 0.304. The van der Waals surface area contributed by atoms with Crippen LogP contribution in [0.5, 0.6) is 0 Å². The van der Waals surface area contributed by atoms with E-state index >= 15 is 0 Å². The molecule has 25 heavy (non-hydrogen) atoms. The van der Waals surface area contributed by atoms with Crippen molar-refractivity contribution in [2.24, 2.45) is 5.92 Å². The topological polar surface area (TPSA) is 76.8 Å². The number of carbonyl (C=O) groups is 1. The van der Waals surface area contributed by atoms with Crippen LogP contribution in [0.2, 0.25) is 0 Å². The molecule has 0 aliphatic heterocycles. The zero-order valence-corrected chi connectivity index (χ0v) is 15.2. The number of rotatable bonds is 6. The molecular weight excluding hydrogens is 342 g/mol. The van der Waals surface area contributed by atoms with Crippen molar-refractivity contribution in [2.45, 2.75) is 30.7 Å². The average Bonchev–Trinajstić information content (AvgIpc) is 3.15. The first-order valence-electron chi connectivity index (χ1n) is 8.06. The van der Waals surface area contributed by atoms with Gasteiger partial charge in [-0.05, 0) is 48.7 Å². The summed E-state index contributed by atoms with van der Waals surface area (Å²) in [5.74, 6) is 2.13. The van der Waals surface area contributed by atoms with Gasteiger partial charge in [-0.2, -0.15) is 4.31 Å². The van der Waals surface area contributed by atoms with Crippen LogP contribution in [0.25, 0.3) is 0 Å². The predicted molar refractivity (Wildman–Crippen MR) is 91.7 cm³/mol. The molecule has 0 spiro atoms. The second-order valence-electron chi connectivity index (χ2n) is 6.40. The number of furan rings is 1. The minimum atomic E-state index is -3.67. The van der Waals surface area contributed by atoms with E-state index < -0.39 is 16.0 Å². The second kappa shape index (κ2) is 6.65. The van der Waals surface area contributed by atoms with Crippen molar-refractivity contribution in [2.75, 3.05) is 14.2 Å². The lowest BCUT2D eigenvalue weighted by Gasteiger charge is -2.16. The van der Waals surface area contributed by atoms with Crippen LogP contribution >= 0.6 is 0 Å². The van der Waals surface area contributed by atoms with Gasteiger partial charge in [0.2, 0.25) is 10.0 Å². The summed E-state index contributed by atoms with van der Waals surface area (Å²) in [6, 6.07) is 9.43. The Morgan fingerprint density at radius 1 is 1.24 bits per heavy atom. The van der Waals surface area contributed by atoms with E-state index in [0.717, 1.165) is 12.2 Å². The quantitative estimate of drug-likeness (QED) is 0.738. The van der Waals surface area contributed by atoms with E-state index in [0.29, 0.717) is 23.2 Å². The maximum Gasteiger partial charge on any atom is 0.337 e. The Morgan fingerprint density at radius 2 is 1.88 bits per heavy atom. The van der Waals surface area contributed by atoms with Crippen LogP contribution in [0.1, 0.15) is 41.1 Å². The van der Waals surface area contributed by atoms with Crippen LogP contribution in [-0.2, 0) is 21.3 Å². The highest BCUT2D eigenvalue weighted by atomic mass is 32.2. The SMILES string of the molecule is COC(=O)c1ccc(S(=O)(=O)N(C)Cc2ccc(C3CC3C)o2)cc1. The molecule has 1 aromatic heterocycles. The third-order valence-corrected chi connectivity index (χ3v) is 6.34. The van der Waals surface area contributed by atoms with Gasteiger partial charge in [0, 0.05) is 13.0 Å². The molecule has 6 nitrogen and oxygen atoms in total. The van der Waals surface area contributed by atoms with Gasteiger partial charge in [-0.1, -0.05) is 6.92 Å². The van der Waals surface area contributed by atoms with E-state index in [-0.39, 0.29) is 11.4 Å². The molecular formula is C18H21NO5S. The lowest BCUT2D eigenvalue weighted by atomic mass is 10.2. The number of sulfonamides is 1. The Balaban J connectivity index is 1.72. The van der Waals surface area contributed by atoms with Crippen molar-refractivity contribution >= 4 is 16.0 Å². The van der Waals surface area contributed by atoms with Gasteiger partial charge in [0.15, 0.2) is 0 Å². The fourth-order valence-electron chi connectivity index (χ4n) is 2.76. The fourth-order valence-corrected chi connectivity index (χ4v) is 3.90. The number of ether oxygens (including phenoxy) is 1. The molecule has 7 heteroatoms. The molecule has 2 unspecified atom stereocenters. The highest BCUT2D eigenvalue weighted by Crippen LogP contribution is 2.47. The number of methoxy groups -OCH3 is 1.